The highest BCUT2D eigenvalue weighted by atomic mass is 35.5. The number of rotatable bonds is 5. The number of carbonyl (C=O) groups is 1. The van der Waals surface area contributed by atoms with Gasteiger partial charge in [-0.15, -0.1) is 0 Å². The number of likely N-dealkylation sites (N-methyl/N-ethyl adjacent to an activating group) is 1. The molecule has 0 aliphatic carbocycles. The molecule has 178 valence electrons. The number of nitrogens with one attached hydrogen (secondary N) is 1. The second-order valence-corrected chi connectivity index (χ2v) is 8.88. The Bertz CT molecular complexity index is 1150. The largest absolute Gasteiger partial charge is 0.417 e. The Hall–Kier alpha value is -2.90. The van der Waals surface area contributed by atoms with Gasteiger partial charge in [0.05, 0.1) is 27.9 Å². The van der Waals surface area contributed by atoms with Crippen LogP contribution in [0.5, 0.6) is 0 Å². The number of amides is 1. The normalized spacial score (nSPS) is 17.9. The van der Waals surface area contributed by atoms with Crippen molar-refractivity contribution in [1.29, 1.82) is 0 Å². The number of alkyl halides is 3. The van der Waals surface area contributed by atoms with Crippen LogP contribution in [-0.2, 0) is 6.18 Å². The molecule has 1 fully saturated rings. The summed E-state index contributed by atoms with van der Waals surface area (Å²) in [5, 5.41) is 2.40. The third kappa shape index (κ3) is 5.26. The van der Waals surface area contributed by atoms with Gasteiger partial charge in [-0.3, -0.25) is 9.78 Å². The maximum Gasteiger partial charge on any atom is 0.417 e. The lowest BCUT2D eigenvalue weighted by Gasteiger charge is -2.38. The number of benzene rings is 2. The van der Waals surface area contributed by atoms with Crippen LogP contribution in [-0.4, -0.2) is 35.4 Å². The molecule has 2 aromatic carbocycles. The summed E-state index contributed by atoms with van der Waals surface area (Å²) in [4.78, 5) is 19.8. The SMILES string of the molecule is CN1CCCC[C@H]1[C@@H](NC(=O)c1cccc(C(F)(F)F)c1Cl)c1cccc(-c2ccccn2)c1. The topological polar surface area (TPSA) is 45.2 Å². The molecule has 1 N–H and O–H groups in total. The summed E-state index contributed by atoms with van der Waals surface area (Å²) in [6.07, 6.45) is -0.0164. The molecule has 0 radical (unpaired) electrons. The van der Waals surface area contributed by atoms with Crippen LogP contribution in [0.4, 0.5) is 13.2 Å². The minimum absolute atomic E-state index is 0.0127. The van der Waals surface area contributed by atoms with Gasteiger partial charge >= 0.3 is 6.18 Å². The fourth-order valence-corrected chi connectivity index (χ4v) is 4.81. The summed E-state index contributed by atoms with van der Waals surface area (Å²) in [5.74, 6) is -0.636. The van der Waals surface area contributed by atoms with Crippen LogP contribution in [0.25, 0.3) is 11.3 Å². The Labute approximate surface area is 201 Å². The average molecular weight is 488 g/mol. The van der Waals surface area contributed by atoms with E-state index in [1.165, 1.54) is 12.1 Å². The minimum Gasteiger partial charge on any atom is -0.344 e. The Balaban J connectivity index is 1.71. The number of pyridine rings is 1. The molecule has 2 heterocycles. The summed E-state index contributed by atoms with van der Waals surface area (Å²) >= 11 is 6.04. The number of hydrogen-bond acceptors (Lipinski definition) is 3. The number of aromatic nitrogens is 1. The maximum absolute atomic E-state index is 13.3. The van der Waals surface area contributed by atoms with Crippen molar-refractivity contribution in [3.8, 4) is 11.3 Å². The van der Waals surface area contributed by atoms with E-state index in [0.717, 1.165) is 48.7 Å². The molecule has 4 rings (SSSR count). The summed E-state index contributed by atoms with van der Waals surface area (Å²) in [6.45, 7) is 0.876. The molecule has 0 unspecified atom stereocenters. The molecule has 1 amide bonds. The number of halogens is 4. The van der Waals surface area contributed by atoms with Crippen LogP contribution in [0.1, 0.15) is 46.8 Å². The summed E-state index contributed by atoms with van der Waals surface area (Å²) < 4.78 is 40.0. The van der Waals surface area contributed by atoms with Crippen LogP contribution >= 0.6 is 11.6 Å². The van der Waals surface area contributed by atoms with E-state index in [1.54, 1.807) is 6.20 Å². The molecule has 8 heteroatoms. The Morgan fingerprint density at radius 2 is 1.91 bits per heavy atom. The van der Waals surface area contributed by atoms with E-state index in [-0.39, 0.29) is 11.6 Å². The number of hydrogen-bond donors (Lipinski definition) is 1. The number of piperidine rings is 1. The lowest BCUT2D eigenvalue weighted by molar-refractivity contribution is -0.137. The van der Waals surface area contributed by atoms with Gasteiger partial charge in [0, 0.05) is 17.8 Å². The highest BCUT2D eigenvalue weighted by Crippen LogP contribution is 2.37. The molecular weight excluding hydrogens is 463 g/mol. The van der Waals surface area contributed by atoms with Gasteiger partial charge in [0.2, 0.25) is 0 Å². The zero-order chi connectivity index (χ0) is 24.3. The van der Waals surface area contributed by atoms with E-state index in [1.807, 2.05) is 49.5 Å². The van der Waals surface area contributed by atoms with Crippen molar-refractivity contribution in [3.63, 3.8) is 0 Å². The van der Waals surface area contributed by atoms with E-state index in [0.29, 0.717) is 0 Å². The van der Waals surface area contributed by atoms with Crippen molar-refractivity contribution >= 4 is 17.5 Å². The molecule has 0 spiro atoms. The van der Waals surface area contributed by atoms with Crippen LogP contribution in [0.15, 0.2) is 66.9 Å². The fourth-order valence-electron chi connectivity index (χ4n) is 4.49. The summed E-state index contributed by atoms with van der Waals surface area (Å²) in [7, 11) is 2.00. The zero-order valence-corrected chi connectivity index (χ0v) is 19.4. The first-order valence-corrected chi connectivity index (χ1v) is 11.5. The minimum atomic E-state index is -4.65. The third-order valence-electron chi connectivity index (χ3n) is 6.25. The van der Waals surface area contributed by atoms with Gasteiger partial charge in [-0.2, -0.15) is 13.2 Å². The molecule has 0 saturated carbocycles. The lowest BCUT2D eigenvalue weighted by atomic mass is 9.89. The van der Waals surface area contributed by atoms with Gasteiger partial charge in [0.1, 0.15) is 0 Å². The highest BCUT2D eigenvalue weighted by molar-refractivity contribution is 6.34. The second-order valence-electron chi connectivity index (χ2n) is 8.50. The van der Waals surface area contributed by atoms with Gasteiger partial charge in [-0.1, -0.05) is 48.4 Å². The van der Waals surface area contributed by atoms with Crippen molar-refractivity contribution in [2.75, 3.05) is 13.6 Å². The predicted octanol–water partition coefficient (Wildman–Crippen LogP) is 6.38. The number of carbonyl (C=O) groups excluding carboxylic acids is 1. The van der Waals surface area contributed by atoms with Gasteiger partial charge in [0.15, 0.2) is 0 Å². The summed E-state index contributed by atoms with van der Waals surface area (Å²) in [5.41, 5.74) is 1.34. The molecular formula is C26H25ClF3N3O. The molecule has 1 aliphatic heterocycles. The van der Waals surface area contributed by atoms with Crippen LogP contribution in [0, 0.1) is 0 Å². The van der Waals surface area contributed by atoms with Crippen LogP contribution in [0.2, 0.25) is 5.02 Å². The first kappa shape index (κ1) is 24.2. The van der Waals surface area contributed by atoms with Crippen LogP contribution < -0.4 is 5.32 Å². The van der Waals surface area contributed by atoms with E-state index >= 15 is 0 Å². The van der Waals surface area contributed by atoms with E-state index in [2.05, 4.69) is 15.2 Å². The smallest absolute Gasteiger partial charge is 0.344 e. The highest BCUT2D eigenvalue weighted by Gasteiger charge is 2.36. The van der Waals surface area contributed by atoms with Gasteiger partial charge in [-0.05, 0) is 62.3 Å². The molecule has 4 nitrogen and oxygen atoms in total. The molecule has 0 bridgehead atoms. The molecule has 1 saturated heterocycles. The third-order valence-corrected chi connectivity index (χ3v) is 6.66. The molecule has 1 aliphatic rings. The standard InChI is InChI=1S/C26H25ClF3N3O/c1-33-15-5-3-13-22(33)24(18-9-6-8-17(16-18)21-12-2-4-14-31-21)32-25(34)19-10-7-11-20(23(19)27)26(28,29)30/h2,4,6-12,14,16,22,24H,3,5,13,15H2,1H3,(H,32,34)/t22-,24-/m0/s1. The first-order valence-electron chi connectivity index (χ1n) is 11.1. The monoisotopic (exact) mass is 487 g/mol. The number of likely N-dealkylation sites (tertiary alicyclic amines) is 1. The van der Waals surface area contributed by atoms with Gasteiger partial charge in [-0.25, -0.2) is 0 Å². The Morgan fingerprint density at radius 1 is 1.12 bits per heavy atom. The lowest BCUT2D eigenvalue weighted by Crippen LogP contribution is -2.47. The van der Waals surface area contributed by atoms with E-state index in [4.69, 9.17) is 11.6 Å². The molecule has 1 aromatic heterocycles. The van der Waals surface area contributed by atoms with Gasteiger partial charge < -0.3 is 10.2 Å². The summed E-state index contributed by atoms with van der Waals surface area (Å²) in [6, 6.07) is 16.3. The predicted molar refractivity (Wildman–Crippen MR) is 127 cm³/mol. The molecule has 2 atom stereocenters. The molecule has 3 aromatic rings. The van der Waals surface area contributed by atoms with Crippen molar-refractivity contribution in [1.82, 2.24) is 15.2 Å². The van der Waals surface area contributed by atoms with Crippen molar-refractivity contribution in [3.05, 3.63) is 88.6 Å². The fraction of sp³-hybridized carbons (Fsp3) is 0.308. The van der Waals surface area contributed by atoms with Crippen molar-refractivity contribution in [2.45, 2.75) is 37.5 Å². The van der Waals surface area contributed by atoms with E-state index in [9.17, 15) is 18.0 Å². The number of nitrogens with zero attached hydrogens (tertiary/aromatic N) is 2. The quantitative estimate of drug-likeness (QED) is 0.454. The van der Waals surface area contributed by atoms with Gasteiger partial charge in [0.25, 0.3) is 5.91 Å². The Morgan fingerprint density at radius 3 is 2.62 bits per heavy atom. The van der Waals surface area contributed by atoms with Crippen LogP contribution in [0.3, 0.4) is 0 Å². The zero-order valence-electron chi connectivity index (χ0n) is 18.6. The maximum atomic E-state index is 13.3. The van der Waals surface area contributed by atoms with Crippen molar-refractivity contribution < 1.29 is 18.0 Å². The van der Waals surface area contributed by atoms with E-state index < -0.39 is 28.7 Å². The first-order chi connectivity index (χ1) is 16.3. The molecule has 34 heavy (non-hydrogen) atoms. The average Bonchev–Trinajstić information content (AvgIpc) is 2.83. The van der Waals surface area contributed by atoms with Crippen molar-refractivity contribution in [2.24, 2.45) is 0 Å². The second kappa shape index (κ2) is 10.2. The Kier molecular flexibility index (Phi) is 7.24.